The second-order valence-corrected chi connectivity index (χ2v) is 6.38. The lowest BCUT2D eigenvalue weighted by Crippen LogP contribution is -2.36. The number of aromatic nitrogens is 3. The fourth-order valence-electron chi connectivity index (χ4n) is 3.48. The van der Waals surface area contributed by atoms with Crippen molar-refractivity contribution < 1.29 is 0 Å². The number of fused-ring (bicyclic) bond motifs is 1. The minimum atomic E-state index is -0.0756. The molecule has 0 N–H and O–H groups in total. The third kappa shape index (κ3) is 2.78. The van der Waals surface area contributed by atoms with Gasteiger partial charge in [0.25, 0.3) is 5.56 Å². The molecule has 6 nitrogen and oxygen atoms in total. The summed E-state index contributed by atoms with van der Waals surface area (Å²) in [4.78, 5) is 19.4. The standard InChI is InChI=1S/C19H19N5O/c20-10-15-6-2-3-7-16(15)12-24-18(22-8-4-1-5-9-22)13-23-14-21-11-17(23)19(24)25/h2-3,6-7,11,13-14H,1,4-5,8-9,12H2. The average molecular weight is 333 g/mol. The number of hydrogen-bond donors (Lipinski definition) is 0. The Balaban J connectivity index is 1.87. The largest absolute Gasteiger partial charge is 0.357 e. The molecule has 2 aromatic heterocycles. The topological polar surface area (TPSA) is 66.3 Å². The molecule has 0 aliphatic carbocycles. The Morgan fingerprint density at radius 1 is 1.16 bits per heavy atom. The van der Waals surface area contributed by atoms with Gasteiger partial charge in [-0.3, -0.25) is 13.8 Å². The van der Waals surface area contributed by atoms with Gasteiger partial charge in [0.2, 0.25) is 0 Å². The summed E-state index contributed by atoms with van der Waals surface area (Å²) in [5.41, 5.74) is 1.94. The molecule has 0 atom stereocenters. The minimum Gasteiger partial charge on any atom is -0.357 e. The molecule has 126 valence electrons. The second-order valence-electron chi connectivity index (χ2n) is 6.38. The van der Waals surface area contributed by atoms with Crippen molar-refractivity contribution in [1.29, 1.82) is 5.26 Å². The first-order valence-corrected chi connectivity index (χ1v) is 8.56. The first-order valence-electron chi connectivity index (χ1n) is 8.56. The molecule has 0 saturated carbocycles. The van der Waals surface area contributed by atoms with Crippen LogP contribution in [0.1, 0.15) is 30.4 Å². The van der Waals surface area contributed by atoms with E-state index in [-0.39, 0.29) is 5.56 Å². The Hall–Kier alpha value is -3.07. The zero-order valence-corrected chi connectivity index (χ0v) is 13.9. The number of piperidine rings is 1. The van der Waals surface area contributed by atoms with Gasteiger partial charge in [-0.25, -0.2) is 4.98 Å². The predicted octanol–water partition coefficient (Wildman–Crippen LogP) is 2.41. The van der Waals surface area contributed by atoms with E-state index >= 15 is 0 Å². The van der Waals surface area contributed by atoms with Gasteiger partial charge in [0, 0.05) is 13.1 Å². The first-order chi connectivity index (χ1) is 12.3. The van der Waals surface area contributed by atoms with Gasteiger partial charge in [0.05, 0.1) is 36.9 Å². The Morgan fingerprint density at radius 3 is 2.76 bits per heavy atom. The summed E-state index contributed by atoms with van der Waals surface area (Å²) in [5, 5.41) is 9.36. The van der Waals surface area contributed by atoms with E-state index in [1.807, 2.05) is 24.4 Å². The van der Waals surface area contributed by atoms with Gasteiger partial charge in [0.1, 0.15) is 11.3 Å². The first kappa shape index (κ1) is 15.5. The molecule has 6 heteroatoms. The van der Waals surface area contributed by atoms with E-state index in [0.717, 1.165) is 37.3 Å². The predicted molar refractivity (Wildman–Crippen MR) is 95.8 cm³/mol. The maximum atomic E-state index is 13.0. The van der Waals surface area contributed by atoms with E-state index < -0.39 is 0 Å². The summed E-state index contributed by atoms with van der Waals surface area (Å²) in [7, 11) is 0. The van der Waals surface area contributed by atoms with Crippen LogP contribution < -0.4 is 10.5 Å². The van der Waals surface area contributed by atoms with Crippen LogP contribution in [0.25, 0.3) is 5.52 Å². The zero-order valence-electron chi connectivity index (χ0n) is 13.9. The van der Waals surface area contributed by atoms with Crippen LogP contribution in [0.2, 0.25) is 0 Å². The zero-order chi connectivity index (χ0) is 17.2. The van der Waals surface area contributed by atoms with Crippen LogP contribution in [0, 0.1) is 11.3 Å². The van der Waals surface area contributed by atoms with Crippen molar-refractivity contribution in [3.05, 3.63) is 64.5 Å². The maximum Gasteiger partial charge on any atom is 0.278 e. The molecule has 0 radical (unpaired) electrons. The minimum absolute atomic E-state index is 0.0756. The lowest BCUT2D eigenvalue weighted by Gasteiger charge is -2.31. The SMILES string of the molecule is N#Cc1ccccc1Cn1c(N2CCCCC2)cn2cncc2c1=O. The molecule has 1 fully saturated rings. The number of anilines is 1. The fourth-order valence-corrected chi connectivity index (χ4v) is 3.48. The van der Waals surface area contributed by atoms with Crippen molar-refractivity contribution in [3.63, 3.8) is 0 Å². The van der Waals surface area contributed by atoms with Gasteiger partial charge in [-0.05, 0) is 30.9 Å². The Labute approximate surface area is 145 Å². The highest BCUT2D eigenvalue weighted by atomic mass is 16.1. The molecule has 3 aromatic rings. The number of imidazole rings is 1. The second kappa shape index (κ2) is 6.44. The summed E-state index contributed by atoms with van der Waals surface area (Å²) in [6.45, 7) is 2.27. The molecule has 0 amide bonds. The number of rotatable bonds is 3. The molecule has 0 unspecified atom stereocenters. The van der Waals surface area contributed by atoms with Gasteiger partial charge in [-0.2, -0.15) is 5.26 Å². The highest BCUT2D eigenvalue weighted by molar-refractivity contribution is 5.50. The number of nitriles is 1. The third-order valence-corrected chi connectivity index (χ3v) is 4.81. The van der Waals surface area contributed by atoms with Crippen LogP contribution in [-0.2, 0) is 6.54 Å². The quantitative estimate of drug-likeness (QED) is 0.738. The van der Waals surface area contributed by atoms with Gasteiger partial charge in [-0.15, -0.1) is 0 Å². The normalized spacial score (nSPS) is 14.6. The van der Waals surface area contributed by atoms with Crippen LogP contribution in [-0.4, -0.2) is 27.0 Å². The highest BCUT2D eigenvalue weighted by Crippen LogP contribution is 2.21. The van der Waals surface area contributed by atoms with Crippen LogP contribution in [0.15, 0.2) is 47.8 Å². The van der Waals surface area contributed by atoms with Crippen LogP contribution in [0.4, 0.5) is 5.82 Å². The summed E-state index contributed by atoms with van der Waals surface area (Å²) in [6.07, 6.45) is 8.72. The summed E-state index contributed by atoms with van der Waals surface area (Å²) >= 11 is 0. The molecule has 1 aliphatic heterocycles. The molecule has 1 saturated heterocycles. The Bertz CT molecular complexity index is 1000. The van der Waals surface area contributed by atoms with Crippen molar-refractivity contribution in [2.24, 2.45) is 0 Å². The van der Waals surface area contributed by atoms with Crippen LogP contribution in [0.3, 0.4) is 0 Å². The van der Waals surface area contributed by atoms with Crippen molar-refractivity contribution in [2.75, 3.05) is 18.0 Å². The van der Waals surface area contributed by atoms with Crippen molar-refractivity contribution >= 4 is 11.3 Å². The average Bonchev–Trinajstić information content (AvgIpc) is 3.14. The van der Waals surface area contributed by atoms with Crippen LogP contribution >= 0.6 is 0 Å². The molecule has 25 heavy (non-hydrogen) atoms. The lowest BCUT2D eigenvalue weighted by atomic mass is 10.1. The number of hydrogen-bond acceptors (Lipinski definition) is 4. The molecule has 1 aliphatic rings. The highest BCUT2D eigenvalue weighted by Gasteiger charge is 2.18. The fraction of sp³-hybridized carbons (Fsp3) is 0.316. The maximum absolute atomic E-state index is 13.0. The summed E-state index contributed by atoms with van der Waals surface area (Å²) in [6, 6.07) is 9.66. The van der Waals surface area contributed by atoms with Crippen molar-refractivity contribution in [3.8, 4) is 6.07 Å². The van der Waals surface area contributed by atoms with E-state index in [1.54, 1.807) is 27.6 Å². The van der Waals surface area contributed by atoms with E-state index in [1.165, 1.54) is 6.42 Å². The monoisotopic (exact) mass is 333 g/mol. The van der Waals surface area contributed by atoms with E-state index in [2.05, 4.69) is 16.0 Å². The van der Waals surface area contributed by atoms with Crippen molar-refractivity contribution in [1.82, 2.24) is 14.0 Å². The Kier molecular flexibility index (Phi) is 3.98. The summed E-state index contributed by atoms with van der Waals surface area (Å²) in [5.74, 6) is 0.892. The van der Waals surface area contributed by atoms with Crippen molar-refractivity contribution in [2.45, 2.75) is 25.8 Å². The molecule has 4 rings (SSSR count). The van der Waals surface area contributed by atoms with Gasteiger partial charge < -0.3 is 4.90 Å². The van der Waals surface area contributed by atoms with Crippen LogP contribution in [0.5, 0.6) is 0 Å². The molecule has 0 bridgehead atoms. The van der Waals surface area contributed by atoms with E-state index in [0.29, 0.717) is 17.6 Å². The number of benzene rings is 1. The molecule has 1 aromatic carbocycles. The van der Waals surface area contributed by atoms with Gasteiger partial charge >= 0.3 is 0 Å². The molecular formula is C19H19N5O. The van der Waals surface area contributed by atoms with E-state index in [9.17, 15) is 10.1 Å². The third-order valence-electron chi connectivity index (χ3n) is 4.81. The smallest absolute Gasteiger partial charge is 0.278 e. The number of nitrogens with zero attached hydrogens (tertiary/aromatic N) is 5. The summed E-state index contributed by atoms with van der Waals surface area (Å²) < 4.78 is 3.57. The molecular weight excluding hydrogens is 314 g/mol. The van der Waals surface area contributed by atoms with Gasteiger partial charge in [-0.1, -0.05) is 18.2 Å². The lowest BCUT2D eigenvalue weighted by molar-refractivity contribution is 0.558. The molecule has 3 heterocycles. The van der Waals surface area contributed by atoms with Gasteiger partial charge in [0.15, 0.2) is 0 Å². The van der Waals surface area contributed by atoms with E-state index in [4.69, 9.17) is 0 Å². The molecule has 0 spiro atoms. The Morgan fingerprint density at radius 2 is 1.96 bits per heavy atom.